The molecule has 0 unspecified atom stereocenters. The minimum absolute atomic E-state index is 0.125. The highest BCUT2D eigenvalue weighted by molar-refractivity contribution is 5.55. The summed E-state index contributed by atoms with van der Waals surface area (Å²) < 4.78 is 1.88. The van der Waals surface area contributed by atoms with Crippen LogP contribution in [0.4, 0.5) is 11.6 Å². The molecule has 6 heteroatoms. The summed E-state index contributed by atoms with van der Waals surface area (Å²) in [5.74, 6) is 2.11. The standard InChI is InChI=1S/C15H24N6/c1-10-12(16)19-14(15(2,3)4)20-13(10)17-8-6-11-7-9-18-21(11)5/h7,9H,6,8H2,1-5H3,(H3,16,17,19,20). The lowest BCUT2D eigenvalue weighted by Crippen LogP contribution is -2.20. The number of rotatable bonds is 4. The Morgan fingerprint density at radius 1 is 1.29 bits per heavy atom. The topological polar surface area (TPSA) is 81.7 Å². The predicted molar refractivity (Wildman–Crippen MR) is 85.3 cm³/mol. The maximum Gasteiger partial charge on any atom is 0.138 e. The molecule has 0 spiro atoms. The third-order valence-corrected chi connectivity index (χ3v) is 3.45. The third kappa shape index (κ3) is 3.51. The fourth-order valence-electron chi connectivity index (χ4n) is 2.00. The molecule has 0 aliphatic carbocycles. The van der Waals surface area contributed by atoms with E-state index in [1.807, 2.05) is 24.7 Å². The van der Waals surface area contributed by atoms with Crippen molar-refractivity contribution in [1.82, 2.24) is 19.7 Å². The first kappa shape index (κ1) is 15.3. The van der Waals surface area contributed by atoms with Crippen molar-refractivity contribution in [2.24, 2.45) is 7.05 Å². The Kier molecular flexibility index (Phi) is 4.16. The molecular weight excluding hydrogens is 264 g/mol. The number of aromatic nitrogens is 4. The van der Waals surface area contributed by atoms with E-state index < -0.39 is 0 Å². The van der Waals surface area contributed by atoms with Crippen molar-refractivity contribution in [1.29, 1.82) is 0 Å². The van der Waals surface area contributed by atoms with Gasteiger partial charge in [-0.15, -0.1) is 0 Å². The van der Waals surface area contributed by atoms with E-state index in [4.69, 9.17) is 5.73 Å². The number of nitrogens with two attached hydrogens (primary N) is 1. The van der Waals surface area contributed by atoms with E-state index in [1.165, 1.54) is 5.69 Å². The smallest absolute Gasteiger partial charge is 0.138 e. The Bertz CT molecular complexity index is 624. The molecule has 21 heavy (non-hydrogen) atoms. The number of nitrogen functional groups attached to an aromatic ring is 1. The SMILES string of the molecule is Cc1c(N)nc(C(C)(C)C)nc1NCCc1ccnn1C. The summed E-state index contributed by atoms with van der Waals surface area (Å²) in [6, 6.07) is 2.02. The number of nitrogens with one attached hydrogen (secondary N) is 1. The first-order valence-corrected chi connectivity index (χ1v) is 7.14. The van der Waals surface area contributed by atoms with Crippen LogP contribution < -0.4 is 11.1 Å². The van der Waals surface area contributed by atoms with Crippen molar-refractivity contribution in [2.75, 3.05) is 17.6 Å². The van der Waals surface area contributed by atoms with Gasteiger partial charge in [-0.1, -0.05) is 20.8 Å². The monoisotopic (exact) mass is 288 g/mol. The van der Waals surface area contributed by atoms with Crippen molar-refractivity contribution < 1.29 is 0 Å². The zero-order valence-corrected chi connectivity index (χ0v) is 13.4. The Morgan fingerprint density at radius 3 is 2.57 bits per heavy atom. The molecule has 0 saturated heterocycles. The van der Waals surface area contributed by atoms with Gasteiger partial charge in [0.25, 0.3) is 0 Å². The van der Waals surface area contributed by atoms with Crippen LogP contribution in [0, 0.1) is 6.92 Å². The number of nitrogens with zero attached hydrogens (tertiary/aromatic N) is 4. The van der Waals surface area contributed by atoms with E-state index in [1.54, 1.807) is 6.20 Å². The summed E-state index contributed by atoms with van der Waals surface area (Å²) in [6.45, 7) is 8.96. The molecule has 3 N–H and O–H groups in total. The maximum absolute atomic E-state index is 6.00. The normalized spacial score (nSPS) is 11.7. The van der Waals surface area contributed by atoms with Crippen LogP contribution in [0.25, 0.3) is 0 Å². The minimum Gasteiger partial charge on any atom is -0.383 e. The fraction of sp³-hybridized carbons (Fsp3) is 0.533. The van der Waals surface area contributed by atoms with Crippen LogP contribution in [-0.4, -0.2) is 26.3 Å². The fourth-order valence-corrected chi connectivity index (χ4v) is 2.00. The van der Waals surface area contributed by atoms with E-state index in [0.717, 1.165) is 30.2 Å². The Hall–Kier alpha value is -2.11. The molecule has 2 rings (SSSR count). The molecule has 0 fully saturated rings. The molecule has 2 aromatic rings. The van der Waals surface area contributed by atoms with Crippen LogP contribution in [0.15, 0.2) is 12.3 Å². The lowest BCUT2D eigenvalue weighted by Gasteiger charge is -2.19. The van der Waals surface area contributed by atoms with E-state index >= 15 is 0 Å². The van der Waals surface area contributed by atoms with Gasteiger partial charge in [0.2, 0.25) is 0 Å². The molecule has 0 aromatic carbocycles. The molecule has 0 saturated carbocycles. The second-order valence-electron chi connectivity index (χ2n) is 6.28. The predicted octanol–water partition coefficient (Wildman–Crippen LogP) is 2.05. The quantitative estimate of drug-likeness (QED) is 0.900. The molecule has 2 aromatic heterocycles. The first-order chi connectivity index (χ1) is 9.79. The number of hydrogen-bond acceptors (Lipinski definition) is 5. The van der Waals surface area contributed by atoms with Crippen molar-refractivity contribution in [3.8, 4) is 0 Å². The van der Waals surface area contributed by atoms with E-state index in [2.05, 4.69) is 41.2 Å². The van der Waals surface area contributed by atoms with Crippen LogP contribution in [-0.2, 0) is 18.9 Å². The number of anilines is 2. The third-order valence-electron chi connectivity index (χ3n) is 3.45. The molecule has 0 aliphatic rings. The minimum atomic E-state index is -0.125. The molecular formula is C15H24N6. The van der Waals surface area contributed by atoms with Gasteiger partial charge in [0.05, 0.1) is 0 Å². The lowest BCUT2D eigenvalue weighted by molar-refractivity contribution is 0.546. The second kappa shape index (κ2) is 5.71. The van der Waals surface area contributed by atoms with Crippen LogP contribution >= 0.6 is 0 Å². The summed E-state index contributed by atoms with van der Waals surface area (Å²) in [6.07, 6.45) is 2.69. The van der Waals surface area contributed by atoms with Crippen molar-refractivity contribution in [3.05, 3.63) is 29.3 Å². The van der Waals surface area contributed by atoms with Crippen LogP contribution in [0.5, 0.6) is 0 Å². The van der Waals surface area contributed by atoms with Gasteiger partial charge in [0, 0.05) is 42.9 Å². The number of aryl methyl sites for hydroxylation is 1. The van der Waals surface area contributed by atoms with E-state index in [0.29, 0.717) is 5.82 Å². The molecule has 114 valence electrons. The molecule has 0 radical (unpaired) electrons. The lowest BCUT2D eigenvalue weighted by atomic mass is 9.95. The van der Waals surface area contributed by atoms with Gasteiger partial charge in [-0.3, -0.25) is 4.68 Å². The number of hydrogen-bond donors (Lipinski definition) is 2. The van der Waals surface area contributed by atoms with Gasteiger partial charge in [-0.25, -0.2) is 9.97 Å². The Labute approximate surface area is 125 Å². The Morgan fingerprint density at radius 2 is 2.00 bits per heavy atom. The van der Waals surface area contributed by atoms with Gasteiger partial charge >= 0.3 is 0 Å². The molecule has 0 atom stereocenters. The average molecular weight is 288 g/mol. The van der Waals surface area contributed by atoms with Gasteiger partial charge in [-0.05, 0) is 13.0 Å². The van der Waals surface area contributed by atoms with Crippen molar-refractivity contribution in [3.63, 3.8) is 0 Å². The van der Waals surface area contributed by atoms with Crippen molar-refractivity contribution >= 4 is 11.6 Å². The average Bonchev–Trinajstić information content (AvgIpc) is 2.79. The molecule has 0 aliphatic heterocycles. The highest BCUT2D eigenvalue weighted by Gasteiger charge is 2.20. The zero-order chi connectivity index (χ0) is 15.6. The van der Waals surface area contributed by atoms with Crippen LogP contribution in [0.1, 0.15) is 37.9 Å². The van der Waals surface area contributed by atoms with Crippen molar-refractivity contribution in [2.45, 2.75) is 39.5 Å². The molecule has 0 amide bonds. The molecule has 0 bridgehead atoms. The van der Waals surface area contributed by atoms with E-state index in [-0.39, 0.29) is 5.41 Å². The summed E-state index contributed by atoms with van der Waals surface area (Å²) in [5, 5.41) is 7.52. The maximum atomic E-state index is 6.00. The summed E-state index contributed by atoms with van der Waals surface area (Å²) in [5.41, 5.74) is 7.95. The summed E-state index contributed by atoms with van der Waals surface area (Å²) in [7, 11) is 1.95. The van der Waals surface area contributed by atoms with Gasteiger partial charge in [0.1, 0.15) is 17.5 Å². The zero-order valence-electron chi connectivity index (χ0n) is 13.4. The van der Waals surface area contributed by atoms with Crippen LogP contribution in [0.3, 0.4) is 0 Å². The highest BCUT2D eigenvalue weighted by Crippen LogP contribution is 2.24. The largest absolute Gasteiger partial charge is 0.383 e. The first-order valence-electron chi connectivity index (χ1n) is 7.14. The van der Waals surface area contributed by atoms with Crippen LogP contribution in [0.2, 0.25) is 0 Å². The van der Waals surface area contributed by atoms with Gasteiger partial charge in [-0.2, -0.15) is 5.10 Å². The Balaban J connectivity index is 2.12. The molecule has 6 nitrogen and oxygen atoms in total. The van der Waals surface area contributed by atoms with E-state index in [9.17, 15) is 0 Å². The highest BCUT2D eigenvalue weighted by atomic mass is 15.3. The summed E-state index contributed by atoms with van der Waals surface area (Å²) in [4.78, 5) is 9.01. The molecule has 2 heterocycles. The van der Waals surface area contributed by atoms with Gasteiger partial charge in [0.15, 0.2) is 0 Å². The second-order valence-corrected chi connectivity index (χ2v) is 6.28. The summed E-state index contributed by atoms with van der Waals surface area (Å²) >= 11 is 0. The van der Waals surface area contributed by atoms with Gasteiger partial charge < -0.3 is 11.1 Å².